The topological polar surface area (TPSA) is 35.9 Å². The van der Waals surface area contributed by atoms with Gasteiger partial charge in [0.15, 0.2) is 0 Å². The van der Waals surface area contributed by atoms with Gasteiger partial charge in [-0.25, -0.2) is 0 Å². The van der Waals surface area contributed by atoms with E-state index in [4.69, 9.17) is 4.74 Å². The molecule has 0 saturated carbocycles. The second-order valence-electron chi connectivity index (χ2n) is 5.15. The van der Waals surface area contributed by atoms with E-state index in [1.807, 2.05) is 12.1 Å². The lowest BCUT2D eigenvalue weighted by Gasteiger charge is -2.29. The van der Waals surface area contributed by atoms with Gasteiger partial charge in [-0.3, -0.25) is 0 Å². The van der Waals surface area contributed by atoms with Crippen molar-refractivity contribution in [2.75, 3.05) is 45.3 Å². The third-order valence-corrected chi connectivity index (χ3v) is 3.87. The Kier molecular flexibility index (Phi) is 5.05. The van der Waals surface area contributed by atoms with Crippen molar-refractivity contribution < 1.29 is 9.84 Å². The number of aliphatic hydroxyl groups excluding tert-OH is 1. The van der Waals surface area contributed by atoms with Gasteiger partial charge in [-0.2, -0.15) is 0 Å². The van der Waals surface area contributed by atoms with E-state index in [2.05, 4.69) is 29.0 Å². The fraction of sp³-hybridized carbons (Fsp3) is 0.600. The van der Waals surface area contributed by atoms with Crippen LogP contribution >= 0.6 is 0 Å². The molecule has 4 nitrogen and oxygen atoms in total. The maximum absolute atomic E-state index is 9.20. The number of likely N-dealkylation sites (N-methyl/N-ethyl adjacent to an activating group) is 1. The van der Waals surface area contributed by atoms with E-state index < -0.39 is 0 Å². The van der Waals surface area contributed by atoms with Gasteiger partial charge in [0.05, 0.1) is 7.11 Å². The third-order valence-electron chi connectivity index (χ3n) is 3.87. The summed E-state index contributed by atoms with van der Waals surface area (Å²) in [7, 11) is 3.85. The highest BCUT2D eigenvalue weighted by Crippen LogP contribution is 2.23. The monoisotopic (exact) mass is 264 g/mol. The highest BCUT2D eigenvalue weighted by atomic mass is 16.5. The molecule has 106 valence electrons. The van der Waals surface area contributed by atoms with Crippen molar-refractivity contribution in [3.63, 3.8) is 0 Å². The minimum atomic E-state index is 0.251. The van der Waals surface area contributed by atoms with Crippen LogP contribution < -0.4 is 9.64 Å². The van der Waals surface area contributed by atoms with Crippen molar-refractivity contribution in [3.8, 4) is 5.75 Å². The summed E-state index contributed by atoms with van der Waals surface area (Å²) in [5.74, 6) is 0.897. The van der Waals surface area contributed by atoms with Gasteiger partial charge in [-0.15, -0.1) is 0 Å². The summed E-state index contributed by atoms with van der Waals surface area (Å²) in [6, 6.07) is 8.63. The Morgan fingerprint density at radius 2 is 2.21 bits per heavy atom. The Hall–Kier alpha value is -1.26. The Bertz CT molecular complexity index is 397. The molecule has 4 heteroatoms. The van der Waals surface area contributed by atoms with Crippen LogP contribution in [0.25, 0.3) is 0 Å². The summed E-state index contributed by atoms with van der Waals surface area (Å²) >= 11 is 0. The second-order valence-corrected chi connectivity index (χ2v) is 5.15. The van der Waals surface area contributed by atoms with Gasteiger partial charge >= 0.3 is 0 Å². The van der Waals surface area contributed by atoms with Gasteiger partial charge in [0, 0.05) is 37.5 Å². The van der Waals surface area contributed by atoms with Gasteiger partial charge in [0.1, 0.15) is 5.75 Å². The zero-order chi connectivity index (χ0) is 13.7. The Morgan fingerprint density at radius 1 is 1.37 bits per heavy atom. The van der Waals surface area contributed by atoms with Crippen LogP contribution in [0.15, 0.2) is 24.3 Å². The van der Waals surface area contributed by atoms with E-state index in [9.17, 15) is 5.11 Å². The molecule has 0 spiro atoms. The molecule has 1 atom stereocenters. The second kappa shape index (κ2) is 6.78. The number of ether oxygens (including phenoxy) is 1. The fourth-order valence-electron chi connectivity index (χ4n) is 2.68. The molecule has 0 amide bonds. The molecule has 1 saturated heterocycles. The predicted octanol–water partition coefficient (Wildman–Crippen LogP) is 1.59. The van der Waals surface area contributed by atoms with Gasteiger partial charge < -0.3 is 19.6 Å². The van der Waals surface area contributed by atoms with E-state index in [1.165, 1.54) is 5.69 Å². The number of nitrogens with zero attached hydrogens (tertiary/aromatic N) is 2. The van der Waals surface area contributed by atoms with Crippen LogP contribution in [0.2, 0.25) is 0 Å². The first-order valence-electron chi connectivity index (χ1n) is 6.94. The minimum Gasteiger partial charge on any atom is -0.497 e. The van der Waals surface area contributed by atoms with Gasteiger partial charge in [0.2, 0.25) is 0 Å². The van der Waals surface area contributed by atoms with Crippen LogP contribution in [0.3, 0.4) is 0 Å². The highest BCUT2D eigenvalue weighted by molar-refractivity contribution is 5.51. The molecule has 1 aromatic carbocycles. The van der Waals surface area contributed by atoms with Crippen LogP contribution in [-0.2, 0) is 0 Å². The van der Waals surface area contributed by atoms with Crippen LogP contribution in [0.5, 0.6) is 5.75 Å². The van der Waals surface area contributed by atoms with Crippen LogP contribution in [-0.4, -0.2) is 56.4 Å². The Labute approximate surface area is 115 Å². The van der Waals surface area contributed by atoms with E-state index >= 15 is 0 Å². The van der Waals surface area contributed by atoms with Crippen LogP contribution in [0, 0.1) is 0 Å². The molecule has 0 bridgehead atoms. The lowest BCUT2D eigenvalue weighted by Crippen LogP contribution is -2.39. The smallest absolute Gasteiger partial charge is 0.120 e. The standard InChI is InChI=1S/C15H24N2O2/c1-16-8-4-9-17(12-14(16)7-10-18)13-5-3-6-15(11-13)19-2/h3,5-6,11,14,18H,4,7-10,12H2,1-2H3. The highest BCUT2D eigenvalue weighted by Gasteiger charge is 2.22. The number of rotatable bonds is 4. The number of benzene rings is 1. The van der Waals surface area contributed by atoms with Crippen molar-refractivity contribution in [1.82, 2.24) is 4.90 Å². The number of hydrogen-bond acceptors (Lipinski definition) is 4. The van der Waals surface area contributed by atoms with Gasteiger partial charge in [-0.1, -0.05) is 6.07 Å². The first-order valence-corrected chi connectivity index (χ1v) is 6.94. The summed E-state index contributed by atoms with van der Waals surface area (Å²) in [5.41, 5.74) is 1.21. The molecular weight excluding hydrogens is 240 g/mol. The summed E-state index contributed by atoms with van der Waals surface area (Å²) in [6.07, 6.45) is 1.98. The lowest BCUT2D eigenvalue weighted by atomic mass is 10.1. The molecule has 2 rings (SSSR count). The molecule has 1 aliphatic rings. The average Bonchev–Trinajstić information content (AvgIpc) is 2.62. The Morgan fingerprint density at radius 3 is 2.95 bits per heavy atom. The molecule has 0 aliphatic carbocycles. The third kappa shape index (κ3) is 3.61. The molecule has 0 radical (unpaired) electrons. The quantitative estimate of drug-likeness (QED) is 0.896. The van der Waals surface area contributed by atoms with Crippen LogP contribution in [0.4, 0.5) is 5.69 Å². The molecule has 1 aromatic rings. The zero-order valence-electron chi connectivity index (χ0n) is 11.9. The number of hydrogen-bond donors (Lipinski definition) is 1. The van der Waals surface area contributed by atoms with Crippen molar-refractivity contribution >= 4 is 5.69 Å². The van der Waals surface area contributed by atoms with E-state index in [1.54, 1.807) is 7.11 Å². The summed E-state index contributed by atoms with van der Waals surface area (Å²) in [4.78, 5) is 4.75. The zero-order valence-corrected chi connectivity index (χ0v) is 11.9. The summed E-state index contributed by atoms with van der Waals surface area (Å²) in [6.45, 7) is 3.36. The van der Waals surface area contributed by atoms with E-state index in [0.717, 1.165) is 38.2 Å². The first-order chi connectivity index (χ1) is 9.24. The van der Waals surface area contributed by atoms with Gasteiger partial charge in [0.25, 0.3) is 0 Å². The molecule has 1 unspecified atom stereocenters. The Balaban J connectivity index is 2.13. The van der Waals surface area contributed by atoms with Crippen molar-refractivity contribution in [2.24, 2.45) is 0 Å². The molecule has 1 aliphatic heterocycles. The van der Waals surface area contributed by atoms with Crippen LogP contribution in [0.1, 0.15) is 12.8 Å². The maximum atomic E-state index is 9.20. The molecule has 1 fully saturated rings. The molecule has 1 heterocycles. The maximum Gasteiger partial charge on any atom is 0.120 e. The molecule has 1 N–H and O–H groups in total. The summed E-state index contributed by atoms with van der Waals surface area (Å²) < 4.78 is 5.30. The first kappa shape index (κ1) is 14.2. The fourth-order valence-corrected chi connectivity index (χ4v) is 2.68. The average molecular weight is 264 g/mol. The lowest BCUT2D eigenvalue weighted by molar-refractivity contribution is 0.196. The van der Waals surface area contributed by atoms with Gasteiger partial charge in [-0.05, 0) is 38.6 Å². The SMILES string of the molecule is COc1cccc(N2CCCN(C)C(CCO)C2)c1. The minimum absolute atomic E-state index is 0.251. The van der Waals surface area contributed by atoms with Crippen molar-refractivity contribution in [2.45, 2.75) is 18.9 Å². The number of methoxy groups -OCH3 is 1. The largest absolute Gasteiger partial charge is 0.497 e. The molecule has 0 aromatic heterocycles. The van der Waals surface area contributed by atoms with Crippen molar-refractivity contribution in [1.29, 1.82) is 0 Å². The normalized spacial score (nSPS) is 21.2. The van der Waals surface area contributed by atoms with E-state index in [-0.39, 0.29) is 6.61 Å². The van der Waals surface area contributed by atoms with E-state index in [0.29, 0.717) is 6.04 Å². The number of aliphatic hydroxyl groups is 1. The molecule has 19 heavy (non-hydrogen) atoms. The molecular formula is C15H24N2O2. The predicted molar refractivity (Wildman–Crippen MR) is 77.9 cm³/mol. The number of anilines is 1. The summed E-state index contributed by atoms with van der Waals surface area (Å²) in [5, 5.41) is 9.20. The van der Waals surface area contributed by atoms with Crippen molar-refractivity contribution in [3.05, 3.63) is 24.3 Å².